The fourth-order valence-electron chi connectivity index (χ4n) is 3.98. The van der Waals surface area contributed by atoms with E-state index in [1.54, 1.807) is 6.34 Å². The van der Waals surface area contributed by atoms with Crippen LogP contribution in [0.4, 0.5) is 11.8 Å². The Hall–Kier alpha value is -1.61. The van der Waals surface area contributed by atoms with Crippen LogP contribution in [-0.4, -0.2) is 59.3 Å². The highest BCUT2D eigenvalue weighted by atomic mass is 35.5. The summed E-state index contributed by atoms with van der Waals surface area (Å²) < 4.78 is 12.4. The quantitative estimate of drug-likeness (QED) is 0.317. The van der Waals surface area contributed by atoms with E-state index < -0.39 is 5.79 Å². The molecule has 1 saturated heterocycles. The summed E-state index contributed by atoms with van der Waals surface area (Å²) in [6, 6.07) is 0.0210. The fourth-order valence-corrected chi connectivity index (χ4v) is 5.18. The fraction of sp³-hybridized carbons (Fsp3) is 0.526. The topological polar surface area (TPSA) is 63.1 Å². The first-order valence-electron chi connectivity index (χ1n) is 9.12. The molecule has 7 nitrogen and oxygen atoms in total. The summed E-state index contributed by atoms with van der Waals surface area (Å²) in [7, 11) is 3.77. The van der Waals surface area contributed by atoms with E-state index in [2.05, 4.69) is 33.0 Å². The summed E-state index contributed by atoms with van der Waals surface area (Å²) in [6.07, 6.45) is 4.29. The van der Waals surface area contributed by atoms with Crippen LogP contribution in [0.25, 0.3) is 0 Å². The molecule has 0 radical (unpaired) electrons. The Morgan fingerprint density at radius 2 is 2.04 bits per heavy atom. The van der Waals surface area contributed by atoms with Gasteiger partial charge < -0.3 is 19.3 Å². The lowest BCUT2D eigenvalue weighted by molar-refractivity contribution is -0.155. The van der Waals surface area contributed by atoms with Gasteiger partial charge in [-0.25, -0.2) is 4.99 Å². The summed E-state index contributed by atoms with van der Waals surface area (Å²) >= 11 is 7.92. The molecule has 0 N–H and O–H groups in total. The highest BCUT2D eigenvalue weighted by Gasteiger charge is 2.56. The summed E-state index contributed by atoms with van der Waals surface area (Å²) in [4.78, 5) is 18.0. The van der Waals surface area contributed by atoms with Crippen LogP contribution in [-0.2, 0) is 9.47 Å². The van der Waals surface area contributed by atoms with Gasteiger partial charge in [-0.15, -0.1) is 6.58 Å². The predicted octanol–water partition coefficient (Wildman–Crippen LogP) is 3.83. The number of rotatable bonds is 4. The number of thioether (sulfide) groups is 1. The van der Waals surface area contributed by atoms with Crippen LogP contribution in [0.3, 0.4) is 0 Å². The van der Waals surface area contributed by atoms with Crippen LogP contribution in [0, 0.1) is 5.92 Å². The van der Waals surface area contributed by atoms with Crippen LogP contribution in [0.1, 0.15) is 20.3 Å². The van der Waals surface area contributed by atoms with Crippen LogP contribution >= 0.6 is 23.4 Å². The SMILES string of the molecule is C=C[C@H]1C[C@@H](N2C(=C)Sc3c(Cl)nc(/N=C/N(C)C)nc32)[C@@H]2OC(C)(C)O[C@@H]21. The number of aliphatic imine (C=N–C) groups is 1. The number of aromatic nitrogens is 2. The molecular formula is C19H24ClN5O2S. The minimum absolute atomic E-state index is 0.0210. The van der Waals surface area contributed by atoms with Gasteiger partial charge in [0.2, 0.25) is 0 Å². The second-order valence-electron chi connectivity index (χ2n) is 7.81. The smallest absolute Gasteiger partial charge is 0.254 e. The van der Waals surface area contributed by atoms with Crippen LogP contribution in [0.5, 0.6) is 0 Å². The molecule has 3 heterocycles. The standard InChI is InChI=1S/C19H24ClN5O2S/c1-7-11-8-12(14-13(11)26-19(3,4)27-14)25-10(2)28-15-16(20)22-18(23-17(15)25)21-9-24(5)6/h7,9,11-14H,1-2,8H2,3-6H3/b21-9+/t11-,12+,13+,14-/m0/s1. The monoisotopic (exact) mass is 421 g/mol. The van der Waals surface area contributed by atoms with Gasteiger partial charge in [0.15, 0.2) is 16.8 Å². The maximum Gasteiger partial charge on any atom is 0.254 e. The first-order chi connectivity index (χ1) is 13.2. The average Bonchev–Trinajstić information content (AvgIpc) is 3.21. The largest absolute Gasteiger partial charge is 0.369 e. The van der Waals surface area contributed by atoms with Gasteiger partial charge in [0.25, 0.3) is 5.95 Å². The number of ether oxygens (including phenoxy) is 2. The zero-order valence-electron chi connectivity index (χ0n) is 16.4. The third-order valence-electron chi connectivity index (χ3n) is 5.03. The molecule has 1 aromatic rings. The molecule has 0 unspecified atom stereocenters. The molecule has 9 heteroatoms. The third-order valence-corrected chi connectivity index (χ3v) is 6.43. The summed E-state index contributed by atoms with van der Waals surface area (Å²) in [5.74, 6) is 0.609. The minimum Gasteiger partial charge on any atom is -0.369 e. The lowest BCUT2D eigenvalue weighted by Gasteiger charge is -2.31. The number of halogens is 1. The Bertz CT molecular complexity index is 859. The van der Waals surface area contributed by atoms with Crippen molar-refractivity contribution in [3.05, 3.63) is 29.4 Å². The first kappa shape index (κ1) is 19.7. The van der Waals surface area contributed by atoms with Crippen LogP contribution in [0.15, 0.2) is 34.2 Å². The van der Waals surface area contributed by atoms with Gasteiger partial charge in [0, 0.05) is 20.0 Å². The van der Waals surface area contributed by atoms with E-state index in [1.165, 1.54) is 11.8 Å². The second-order valence-corrected chi connectivity index (χ2v) is 9.25. The maximum atomic E-state index is 6.44. The maximum absolute atomic E-state index is 6.44. The highest BCUT2D eigenvalue weighted by Crippen LogP contribution is 2.53. The number of anilines is 1. The molecule has 1 aliphatic carbocycles. The first-order valence-corrected chi connectivity index (χ1v) is 10.3. The molecule has 2 aliphatic heterocycles. The highest BCUT2D eigenvalue weighted by molar-refractivity contribution is 8.03. The third kappa shape index (κ3) is 3.32. The van der Waals surface area contributed by atoms with Gasteiger partial charge in [-0.3, -0.25) is 0 Å². The molecule has 2 fully saturated rings. The molecule has 4 rings (SSSR count). The Morgan fingerprint density at radius 3 is 2.71 bits per heavy atom. The zero-order valence-corrected chi connectivity index (χ0v) is 18.0. The predicted molar refractivity (Wildman–Crippen MR) is 112 cm³/mol. The number of hydrogen-bond donors (Lipinski definition) is 0. The molecule has 28 heavy (non-hydrogen) atoms. The van der Waals surface area contributed by atoms with Crippen molar-refractivity contribution < 1.29 is 9.47 Å². The molecule has 0 spiro atoms. The normalized spacial score (nSPS) is 30.8. The summed E-state index contributed by atoms with van der Waals surface area (Å²) in [5.41, 5.74) is 0. The second kappa shape index (κ2) is 7.02. The van der Waals surface area contributed by atoms with E-state index >= 15 is 0 Å². The number of fused-ring (bicyclic) bond motifs is 2. The summed E-state index contributed by atoms with van der Waals surface area (Å²) in [6.45, 7) is 12.1. The van der Waals surface area contributed by atoms with Crippen molar-refractivity contribution in [2.45, 2.75) is 49.2 Å². The van der Waals surface area contributed by atoms with Gasteiger partial charge in [-0.05, 0) is 20.3 Å². The van der Waals surface area contributed by atoms with Crippen molar-refractivity contribution in [2.24, 2.45) is 10.9 Å². The molecule has 150 valence electrons. The van der Waals surface area contributed by atoms with E-state index in [0.29, 0.717) is 11.1 Å². The molecule has 0 bridgehead atoms. The van der Waals surface area contributed by atoms with Gasteiger partial charge in [0.1, 0.15) is 6.10 Å². The van der Waals surface area contributed by atoms with Gasteiger partial charge in [0.05, 0.1) is 28.4 Å². The Labute approximate surface area is 174 Å². The zero-order chi connectivity index (χ0) is 20.2. The number of nitrogens with zero attached hydrogens (tertiary/aromatic N) is 5. The number of hydrogen-bond acceptors (Lipinski definition) is 7. The molecule has 0 amide bonds. The summed E-state index contributed by atoms with van der Waals surface area (Å²) in [5, 5.41) is 1.23. The van der Waals surface area contributed by atoms with Crippen LogP contribution < -0.4 is 4.90 Å². The molecule has 1 saturated carbocycles. The van der Waals surface area contributed by atoms with Gasteiger partial charge >= 0.3 is 0 Å². The average molecular weight is 422 g/mol. The molecule has 3 aliphatic rings. The van der Waals surface area contributed by atoms with Crippen LogP contribution in [0.2, 0.25) is 5.15 Å². The van der Waals surface area contributed by atoms with E-state index in [-0.39, 0.29) is 24.2 Å². The lowest BCUT2D eigenvalue weighted by atomic mass is 10.1. The molecule has 0 aromatic carbocycles. The van der Waals surface area contributed by atoms with E-state index in [0.717, 1.165) is 22.2 Å². The Morgan fingerprint density at radius 1 is 1.32 bits per heavy atom. The van der Waals surface area contributed by atoms with Gasteiger partial charge in [-0.2, -0.15) is 9.97 Å². The van der Waals surface area contributed by atoms with Crippen molar-refractivity contribution in [3.63, 3.8) is 0 Å². The Balaban J connectivity index is 1.72. The van der Waals surface area contributed by atoms with Crippen molar-refractivity contribution in [2.75, 3.05) is 19.0 Å². The molecule has 1 aromatic heterocycles. The molecular weight excluding hydrogens is 398 g/mol. The molecule has 4 atom stereocenters. The van der Waals surface area contributed by atoms with Crippen molar-refractivity contribution in [1.82, 2.24) is 14.9 Å². The van der Waals surface area contributed by atoms with E-state index in [1.807, 2.05) is 38.9 Å². The van der Waals surface area contributed by atoms with Crippen molar-refractivity contribution in [1.29, 1.82) is 0 Å². The van der Waals surface area contributed by atoms with Crippen molar-refractivity contribution >= 4 is 41.5 Å². The van der Waals surface area contributed by atoms with Gasteiger partial charge in [-0.1, -0.05) is 36.0 Å². The van der Waals surface area contributed by atoms with E-state index in [4.69, 9.17) is 21.1 Å². The Kier molecular flexibility index (Phi) is 4.94. The van der Waals surface area contributed by atoms with E-state index in [9.17, 15) is 0 Å². The minimum atomic E-state index is -0.628. The lowest BCUT2D eigenvalue weighted by Crippen LogP contribution is -2.41. The van der Waals surface area contributed by atoms with Crippen molar-refractivity contribution in [3.8, 4) is 0 Å².